The molecule has 7 nitrogen and oxygen atoms in total. The van der Waals surface area contributed by atoms with Crippen LogP contribution in [0, 0.1) is 0 Å². The number of hydrogen-bond acceptors (Lipinski definition) is 6. The molecule has 30 heavy (non-hydrogen) atoms. The zero-order valence-electron chi connectivity index (χ0n) is 17.0. The van der Waals surface area contributed by atoms with Crippen LogP contribution in [-0.2, 0) is 0 Å². The minimum atomic E-state index is -0.273. The number of carbonyl (C=O) groups is 1. The van der Waals surface area contributed by atoms with Gasteiger partial charge in [0.15, 0.2) is 11.5 Å². The number of hydrazone groups is 1. The number of nitrogens with zero attached hydrogens (tertiary/aromatic N) is 2. The fraction of sp³-hybridized carbons (Fsp3) is 0.217. The number of carbonyl (C=O) groups excluding carboxylic acids is 1. The van der Waals surface area contributed by atoms with Gasteiger partial charge in [0.05, 0.1) is 33.6 Å². The third-order valence-electron chi connectivity index (χ3n) is 5.02. The van der Waals surface area contributed by atoms with Gasteiger partial charge in [-0.1, -0.05) is 30.3 Å². The van der Waals surface area contributed by atoms with Gasteiger partial charge in [0.1, 0.15) is 11.5 Å². The average molecular weight is 406 g/mol. The highest BCUT2D eigenvalue weighted by molar-refractivity contribution is 6.03. The van der Waals surface area contributed by atoms with Crippen LogP contribution < -0.4 is 14.2 Å². The molecule has 4 rings (SSSR count). The zero-order valence-corrected chi connectivity index (χ0v) is 17.0. The van der Waals surface area contributed by atoms with Crippen molar-refractivity contribution in [3.8, 4) is 17.2 Å². The molecule has 1 aromatic heterocycles. The molecule has 0 N–H and O–H groups in total. The molecule has 0 fully saturated rings. The second kappa shape index (κ2) is 8.32. The third-order valence-corrected chi connectivity index (χ3v) is 5.02. The van der Waals surface area contributed by atoms with Gasteiger partial charge in [0, 0.05) is 12.0 Å². The molecule has 1 amide bonds. The van der Waals surface area contributed by atoms with Gasteiger partial charge in [-0.25, -0.2) is 5.01 Å². The molecule has 0 bridgehead atoms. The summed E-state index contributed by atoms with van der Waals surface area (Å²) >= 11 is 0. The number of furan rings is 1. The van der Waals surface area contributed by atoms with Gasteiger partial charge < -0.3 is 18.6 Å². The van der Waals surface area contributed by atoms with Crippen LogP contribution in [0.5, 0.6) is 17.2 Å². The predicted octanol–water partition coefficient (Wildman–Crippen LogP) is 4.30. The van der Waals surface area contributed by atoms with Crippen molar-refractivity contribution in [2.75, 3.05) is 21.3 Å². The summed E-state index contributed by atoms with van der Waals surface area (Å²) in [6.07, 6.45) is 2.15. The Morgan fingerprint density at radius 1 is 1.00 bits per heavy atom. The first-order chi connectivity index (χ1) is 14.7. The number of rotatable bonds is 6. The highest BCUT2D eigenvalue weighted by Crippen LogP contribution is 2.40. The van der Waals surface area contributed by atoms with E-state index in [2.05, 4.69) is 5.10 Å². The van der Waals surface area contributed by atoms with E-state index in [1.54, 1.807) is 24.5 Å². The van der Waals surface area contributed by atoms with Gasteiger partial charge in [-0.2, -0.15) is 5.10 Å². The molecule has 0 spiro atoms. The zero-order chi connectivity index (χ0) is 21.1. The van der Waals surface area contributed by atoms with Gasteiger partial charge >= 0.3 is 0 Å². The smallest absolute Gasteiger partial charge is 0.274 e. The fourth-order valence-corrected chi connectivity index (χ4v) is 3.56. The number of methoxy groups -OCH3 is 3. The second-order valence-corrected chi connectivity index (χ2v) is 6.72. The molecule has 1 aliphatic rings. The number of benzene rings is 2. The van der Waals surface area contributed by atoms with Crippen LogP contribution in [0.2, 0.25) is 0 Å². The molecule has 0 unspecified atom stereocenters. The van der Waals surface area contributed by atoms with Crippen molar-refractivity contribution in [3.05, 3.63) is 77.7 Å². The Bertz CT molecular complexity index is 1040. The van der Waals surface area contributed by atoms with E-state index in [0.29, 0.717) is 35.0 Å². The molecule has 154 valence electrons. The highest BCUT2D eigenvalue weighted by atomic mass is 16.5. The van der Waals surface area contributed by atoms with Gasteiger partial charge in [0.2, 0.25) is 5.75 Å². The van der Waals surface area contributed by atoms with Crippen molar-refractivity contribution in [1.29, 1.82) is 0 Å². The average Bonchev–Trinajstić information content (AvgIpc) is 3.48. The van der Waals surface area contributed by atoms with E-state index >= 15 is 0 Å². The van der Waals surface area contributed by atoms with E-state index in [-0.39, 0.29) is 11.9 Å². The minimum absolute atomic E-state index is 0.252. The molecular formula is C23H22N2O5. The maximum atomic E-state index is 13.5. The molecule has 0 saturated carbocycles. The van der Waals surface area contributed by atoms with Crippen molar-refractivity contribution < 1.29 is 23.4 Å². The standard InChI is InChI=1S/C23H22N2O5/c1-27-20-12-16(13-21(28-2)22(20)29-3)23(26)25-18(15-8-5-4-6-9-15)14-17(24-25)19-10-7-11-30-19/h4-13,18H,14H2,1-3H3/t18-/m1/s1. The number of amides is 1. The summed E-state index contributed by atoms with van der Waals surface area (Å²) in [6.45, 7) is 0. The van der Waals surface area contributed by atoms with Crippen LogP contribution >= 0.6 is 0 Å². The Labute approximate surface area is 174 Å². The first kappa shape index (κ1) is 19.6. The first-order valence-electron chi connectivity index (χ1n) is 9.46. The summed E-state index contributed by atoms with van der Waals surface area (Å²) in [7, 11) is 4.55. The van der Waals surface area contributed by atoms with Gasteiger partial charge in [0.25, 0.3) is 5.91 Å². The summed E-state index contributed by atoms with van der Waals surface area (Å²) in [6, 6.07) is 16.5. The monoisotopic (exact) mass is 406 g/mol. The van der Waals surface area contributed by atoms with Gasteiger partial charge in [-0.3, -0.25) is 4.79 Å². The largest absolute Gasteiger partial charge is 0.493 e. The van der Waals surface area contributed by atoms with E-state index in [1.165, 1.54) is 26.3 Å². The molecule has 2 heterocycles. The summed E-state index contributed by atoms with van der Waals surface area (Å²) in [5, 5.41) is 6.11. The summed E-state index contributed by atoms with van der Waals surface area (Å²) in [4.78, 5) is 13.5. The van der Waals surface area contributed by atoms with Crippen LogP contribution in [0.4, 0.5) is 0 Å². The Kier molecular flexibility index (Phi) is 5.43. The lowest BCUT2D eigenvalue weighted by Crippen LogP contribution is -2.27. The van der Waals surface area contributed by atoms with E-state index in [9.17, 15) is 4.79 Å². The van der Waals surface area contributed by atoms with Crippen LogP contribution in [-0.4, -0.2) is 38.0 Å². The van der Waals surface area contributed by atoms with Crippen molar-refractivity contribution in [2.24, 2.45) is 5.10 Å². The quantitative estimate of drug-likeness (QED) is 0.610. The lowest BCUT2D eigenvalue weighted by molar-refractivity contribution is 0.0710. The topological polar surface area (TPSA) is 73.5 Å². The minimum Gasteiger partial charge on any atom is -0.493 e. The Morgan fingerprint density at radius 2 is 1.70 bits per heavy atom. The third kappa shape index (κ3) is 3.50. The van der Waals surface area contributed by atoms with Crippen molar-refractivity contribution in [3.63, 3.8) is 0 Å². The molecule has 3 aromatic rings. The van der Waals surface area contributed by atoms with Gasteiger partial charge in [-0.05, 0) is 29.8 Å². The Hall–Kier alpha value is -3.74. The van der Waals surface area contributed by atoms with E-state index in [1.807, 2.05) is 36.4 Å². The maximum absolute atomic E-state index is 13.5. The Balaban J connectivity index is 1.76. The summed E-state index contributed by atoms with van der Waals surface area (Å²) in [5.74, 6) is 1.62. The molecule has 1 atom stereocenters. The second-order valence-electron chi connectivity index (χ2n) is 6.72. The summed E-state index contributed by atoms with van der Waals surface area (Å²) < 4.78 is 21.7. The van der Waals surface area contributed by atoms with Crippen molar-refractivity contribution >= 4 is 11.6 Å². The lowest BCUT2D eigenvalue weighted by Gasteiger charge is -2.23. The normalized spacial score (nSPS) is 15.6. The molecule has 2 aromatic carbocycles. The maximum Gasteiger partial charge on any atom is 0.274 e. The van der Waals surface area contributed by atoms with Gasteiger partial charge in [-0.15, -0.1) is 0 Å². The fourth-order valence-electron chi connectivity index (χ4n) is 3.56. The lowest BCUT2D eigenvalue weighted by atomic mass is 10.0. The predicted molar refractivity (Wildman–Crippen MR) is 111 cm³/mol. The van der Waals surface area contributed by atoms with Crippen LogP contribution in [0.1, 0.15) is 34.1 Å². The van der Waals surface area contributed by atoms with E-state index in [4.69, 9.17) is 18.6 Å². The van der Waals surface area contributed by atoms with E-state index in [0.717, 1.165) is 11.3 Å². The van der Waals surface area contributed by atoms with Crippen molar-refractivity contribution in [1.82, 2.24) is 5.01 Å². The SMILES string of the molecule is COc1cc(C(=O)N2N=C(c3ccco3)C[C@@H]2c2ccccc2)cc(OC)c1OC. The highest BCUT2D eigenvalue weighted by Gasteiger charge is 2.35. The molecule has 0 saturated heterocycles. The first-order valence-corrected chi connectivity index (χ1v) is 9.46. The summed E-state index contributed by atoms with van der Waals surface area (Å²) in [5.41, 5.74) is 2.09. The molecular weight excluding hydrogens is 384 g/mol. The molecule has 0 aliphatic carbocycles. The van der Waals surface area contributed by atoms with Crippen molar-refractivity contribution in [2.45, 2.75) is 12.5 Å². The molecule has 0 radical (unpaired) electrons. The number of hydrogen-bond donors (Lipinski definition) is 0. The molecule has 1 aliphatic heterocycles. The molecule has 7 heteroatoms. The number of ether oxygens (including phenoxy) is 3. The van der Waals surface area contributed by atoms with Crippen LogP contribution in [0.3, 0.4) is 0 Å². The van der Waals surface area contributed by atoms with Crippen LogP contribution in [0.15, 0.2) is 70.4 Å². The van der Waals surface area contributed by atoms with E-state index < -0.39 is 0 Å². The Morgan fingerprint density at radius 3 is 2.27 bits per heavy atom. The van der Waals surface area contributed by atoms with Crippen LogP contribution in [0.25, 0.3) is 0 Å².